The summed E-state index contributed by atoms with van der Waals surface area (Å²) in [6.07, 6.45) is 1.22. The highest BCUT2D eigenvalue weighted by Gasteiger charge is 2.10. The Hall–Kier alpha value is -0.520. The minimum atomic E-state index is -2.94. The minimum Gasteiger partial charge on any atom is -0.448 e. The molecule has 0 bridgehead atoms. The lowest BCUT2D eigenvalue weighted by Crippen LogP contribution is -2.32. The van der Waals surface area contributed by atoms with Gasteiger partial charge in [0, 0.05) is 12.3 Å². The molecule has 0 fully saturated rings. The quantitative estimate of drug-likeness (QED) is 0.861. The van der Waals surface area contributed by atoms with Gasteiger partial charge in [0.1, 0.15) is 15.6 Å². The summed E-state index contributed by atoms with van der Waals surface area (Å²) in [4.78, 5) is 0. The van der Waals surface area contributed by atoms with Crippen LogP contribution in [0.25, 0.3) is 0 Å². The first-order valence-electron chi connectivity index (χ1n) is 4.52. The highest BCUT2D eigenvalue weighted by molar-refractivity contribution is 7.90. The molecule has 1 atom stereocenters. The van der Waals surface area contributed by atoms with Gasteiger partial charge in [-0.05, 0) is 30.7 Å². The number of nitrogens with one attached hydrogen (secondary N) is 1. The van der Waals surface area contributed by atoms with Gasteiger partial charge in [-0.3, -0.25) is 0 Å². The lowest BCUT2D eigenvalue weighted by molar-refractivity contribution is 0.465. The topological polar surface area (TPSA) is 59.3 Å². The third kappa shape index (κ3) is 5.20. The Kier molecular flexibility index (Phi) is 4.19. The molecule has 0 saturated heterocycles. The van der Waals surface area contributed by atoms with Crippen molar-refractivity contribution in [2.75, 3.05) is 12.0 Å². The number of hydrogen-bond donors (Lipinski definition) is 1. The van der Waals surface area contributed by atoms with Crippen molar-refractivity contribution < 1.29 is 12.8 Å². The first-order valence-corrected chi connectivity index (χ1v) is 6.96. The second-order valence-electron chi connectivity index (χ2n) is 3.58. The van der Waals surface area contributed by atoms with Gasteiger partial charge in [-0.15, -0.1) is 0 Å². The maximum atomic E-state index is 11.0. The van der Waals surface area contributed by atoms with Crippen LogP contribution in [0.1, 0.15) is 12.7 Å². The SMILES string of the molecule is C[C@H](CS(C)(=O)=O)NCc1ccc(Cl)o1. The predicted octanol–water partition coefficient (Wildman–Crippen LogP) is 1.46. The zero-order valence-electron chi connectivity index (χ0n) is 8.66. The van der Waals surface area contributed by atoms with E-state index < -0.39 is 9.84 Å². The molecule has 0 unspecified atom stereocenters. The van der Waals surface area contributed by atoms with Crippen molar-refractivity contribution in [3.63, 3.8) is 0 Å². The van der Waals surface area contributed by atoms with Crippen LogP contribution >= 0.6 is 11.6 Å². The molecule has 15 heavy (non-hydrogen) atoms. The van der Waals surface area contributed by atoms with E-state index in [0.29, 0.717) is 17.5 Å². The third-order valence-electron chi connectivity index (χ3n) is 1.81. The molecule has 4 nitrogen and oxygen atoms in total. The average Bonchev–Trinajstić information content (AvgIpc) is 2.45. The van der Waals surface area contributed by atoms with Gasteiger partial charge >= 0.3 is 0 Å². The van der Waals surface area contributed by atoms with Crippen LogP contribution in [0.2, 0.25) is 5.22 Å². The Labute approximate surface area is 94.5 Å². The second kappa shape index (κ2) is 5.01. The molecular formula is C9H14ClNO3S. The van der Waals surface area contributed by atoms with Gasteiger partial charge in [-0.25, -0.2) is 8.42 Å². The van der Waals surface area contributed by atoms with E-state index in [1.165, 1.54) is 6.26 Å². The fraction of sp³-hybridized carbons (Fsp3) is 0.556. The fourth-order valence-electron chi connectivity index (χ4n) is 1.23. The molecule has 1 aromatic rings. The van der Waals surface area contributed by atoms with Crippen LogP contribution in [0.3, 0.4) is 0 Å². The van der Waals surface area contributed by atoms with Gasteiger partial charge in [0.05, 0.1) is 12.3 Å². The molecule has 0 radical (unpaired) electrons. The smallest absolute Gasteiger partial charge is 0.193 e. The molecule has 0 spiro atoms. The summed E-state index contributed by atoms with van der Waals surface area (Å²) in [5.74, 6) is 0.807. The third-order valence-corrected chi connectivity index (χ3v) is 3.11. The zero-order chi connectivity index (χ0) is 11.5. The van der Waals surface area contributed by atoms with Gasteiger partial charge < -0.3 is 9.73 Å². The molecule has 1 heterocycles. The standard InChI is InChI=1S/C9H14ClNO3S/c1-7(6-15(2,12)13)11-5-8-3-4-9(10)14-8/h3-4,7,11H,5-6H2,1-2H3/t7-/m1/s1. The normalized spacial score (nSPS) is 14.1. The average molecular weight is 252 g/mol. The van der Waals surface area contributed by atoms with E-state index in [9.17, 15) is 8.42 Å². The summed E-state index contributed by atoms with van der Waals surface area (Å²) in [5.41, 5.74) is 0. The van der Waals surface area contributed by atoms with Crippen molar-refractivity contribution in [3.8, 4) is 0 Å². The van der Waals surface area contributed by atoms with E-state index in [1.807, 2.05) is 6.92 Å². The lowest BCUT2D eigenvalue weighted by Gasteiger charge is -2.10. The monoisotopic (exact) mass is 251 g/mol. The van der Waals surface area contributed by atoms with Crippen molar-refractivity contribution in [1.82, 2.24) is 5.32 Å². The van der Waals surface area contributed by atoms with Crippen LogP contribution in [0, 0.1) is 0 Å². The Morgan fingerprint density at radius 1 is 1.53 bits per heavy atom. The second-order valence-corrected chi connectivity index (χ2v) is 6.14. The van der Waals surface area contributed by atoms with Crippen molar-refractivity contribution in [2.45, 2.75) is 19.5 Å². The molecule has 86 valence electrons. The van der Waals surface area contributed by atoms with Gasteiger partial charge in [-0.1, -0.05) is 0 Å². The molecule has 1 aromatic heterocycles. The number of halogens is 1. The summed E-state index contributed by atoms with van der Waals surface area (Å²) in [7, 11) is -2.94. The summed E-state index contributed by atoms with van der Waals surface area (Å²) in [6.45, 7) is 2.29. The summed E-state index contributed by atoms with van der Waals surface area (Å²) in [5, 5.41) is 3.37. The van der Waals surface area contributed by atoms with Crippen LogP contribution in [0.5, 0.6) is 0 Å². The summed E-state index contributed by atoms with van der Waals surface area (Å²) in [6, 6.07) is 3.30. The summed E-state index contributed by atoms with van der Waals surface area (Å²) >= 11 is 5.59. The van der Waals surface area contributed by atoms with Gasteiger partial charge in [0.25, 0.3) is 0 Å². The maximum Gasteiger partial charge on any atom is 0.193 e. The van der Waals surface area contributed by atoms with Crippen LogP contribution in [0.4, 0.5) is 0 Å². The van der Waals surface area contributed by atoms with E-state index >= 15 is 0 Å². The molecule has 0 aliphatic rings. The van der Waals surface area contributed by atoms with E-state index in [-0.39, 0.29) is 11.8 Å². The molecule has 0 aromatic carbocycles. The Balaban J connectivity index is 2.37. The molecular weight excluding hydrogens is 238 g/mol. The van der Waals surface area contributed by atoms with Crippen LogP contribution < -0.4 is 5.32 Å². The molecule has 0 saturated carbocycles. The van der Waals surface area contributed by atoms with Gasteiger partial charge in [-0.2, -0.15) is 0 Å². The number of sulfone groups is 1. The van der Waals surface area contributed by atoms with Crippen molar-refractivity contribution in [2.24, 2.45) is 0 Å². The highest BCUT2D eigenvalue weighted by atomic mass is 35.5. The van der Waals surface area contributed by atoms with Crippen molar-refractivity contribution in [3.05, 3.63) is 23.1 Å². The predicted molar refractivity (Wildman–Crippen MR) is 59.7 cm³/mol. The Bertz CT molecular complexity index is 413. The summed E-state index contributed by atoms with van der Waals surface area (Å²) < 4.78 is 27.1. The van der Waals surface area contributed by atoms with Crippen LogP contribution in [-0.4, -0.2) is 26.5 Å². The Morgan fingerprint density at radius 3 is 2.67 bits per heavy atom. The minimum absolute atomic E-state index is 0.108. The molecule has 0 amide bonds. The first kappa shape index (κ1) is 12.5. The van der Waals surface area contributed by atoms with E-state index in [0.717, 1.165) is 0 Å². The maximum absolute atomic E-state index is 11.0. The van der Waals surface area contributed by atoms with Crippen LogP contribution in [0.15, 0.2) is 16.5 Å². The Morgan fingerprint density at radius 2 is 2.20 bits per heavy atom. The van der Waals surface area contributed by atoms with Crippen molar-refractivity contribution in [1.29, 1.82) is 0 Å². The van der Waals surface area contributed by atoms with Gasteiger partial charge in [0.2, 0.25) is 0 Å². The number of hydrogen-bond acceptors (Lipinski definition) is 4. The molecule has 0 aliphatic carbocycles. The van der Waals surface area contributed by atoms with Gasteiger partial charge in [0.15, 0.2) is 5.22 Å². The number of furan rings is 1. The lowest BCUT2D eigenvalue weighted by atomic mass is 10.3. The molecule has 1 rings (SSSR count). The fourth-order valence-corrected chi connectivity index (χ4v) is 2.42. The molecule has 1 N–H and O–H groups in total. The van der Waals surface area contributed by atoms with E-state index in [1.54, 1.807) is 12.1 Å². The van der Waals surface area contributed by atoms with Crippen LogP contribution in [-0.2, 0) is 16.4 Å². The van der Waals surface area contributed by atoms with Crippen molar-refractivity contribution >= 4 is 21.4 Å². The first-order chi connectivity index (χ1) is 6.87. The highest BCUT2D eigenvalue weighted by Crippen LogP contribution is 2.12. The van der Waals surface area contributed by atoms with E-state index in [4.69, 9.17) is 16.0 Å². The molecule has 0 aliphatic heterocycles. The number of rotatable bonds is 5. The molecule has 6 heteroatoms. The van der Waals surface area contributed by atoms with E-state index in [2.05, 4.69) is 5.32 Å². The zero-order valence-corrected chi connectivity index (χ0v) is 10.2. The largest absolute Gasteiger partial charge is 0.448 e.